The van der Waals surface area contributed by atoms with Gasteiger partial charge in [-0.2, -0.15) is 0 Å². The number of carboxylic acid groups (broad SMARTS) is 1. The van der Waals surface area contributed by atoms with Crippen molar-refractivity contribution in [3.63, 3.8) is 0 Å². The maximum absolute atomic E-state index is 12.4. The van der Waals surface area contributed by atoms with Crippen LogP contribution in [-0.2, 0) is 24.3 Å². The lowest BCUT2D eigenvalue weighted by molar-refractivity contribution is -0.144. The molecule has 29 heavy (non-hydrogen) atoms. The van der Waals surface area contributed by atoms with Crippen LogP contribution in [0.2, 0.25) is 0 Å². The SMILES string of the molecule is O=C(Nc1ccc2c(c1)CN(Cc1ccccc1)C(C(=O)O)C2)c1ccccc1. The third-order valence-corrected chi connectivity index (χ3v) is 5.24. The molecule has 0 saturated heterocycles. The standard InChI is InChI=1S/C24H22N2O3/c27-23(18-9-5-2-6-10-18)25-21-12-11-19-14-22(24(28)29)26(16-20(19)13-21)15-17-7-3-1-4-8-17/h1-13,22H,14-16H2,(H,25,27)(H,28,29). The van der Waals surface area contributed by atoms with Crippen LogP contribution >= 0.6 is 0 Å². The van der Waals surface area contributed by atoms with Crippen molar-refractivity contribution in [3.05, 3.63) is 101 Å². The van der Waals surface area contributed by atoms with E-state index < -0.39 is 12.0 Å². The van der Waals surface area contributed by atoms with Crippen LogP contribution in [0.1, 0.15) is 27.0 Å². The first kappa shape index (κ1) is 18.9. The van der Waals surface area contributed by atoms with E-state index in [4.69, 9.17) is 0 Å². The van der Waals surface area contributed by atoms with Crippen LogP contribution in [0, 0.1) is 0 Å². The van der Waals surface area contributed by atoms with Gasteiger partial charge in [0.25, 0.3) is 5.91 Å². The average Bonchev–Trinajstić information content (AvgIpc) is 2.74. The molecular weight excluding hydrogens is 364 g/mol. The number of aliphatic carboxylic acids is 1. The highest BCUT2D eigenvalue weighted by Crippen LogP contribution is 2.28. The second kappa shape index (κ2) is 8.29. The molecule has 0 radical (unpaired) electrons. The van der Waals surface area contributed by atoms with Crippen LogP contribution in [0.5, 0.6) is 0 Å². The number of fused-ring (bicyclic) bond motifs is 1. The average molecular weight is 386 g/mol. The second-order valence-electron chi connectivity index (χ2n) is 7.25. The van der Waals surface area contributed by atoms with Gasteiger partial charge >= 0.3 is 5.97 Å². The van der Waals surface area contributed by atoms with Crippen molar-refractivity contribution >= 4 is 17.6 Å². The molecule has 3 aromatic rings. The number of carbonyl (C=O) groups is 2. The molecule has 0 bridgehead atoms. The fraction of sp³-hybridized carbons (Fsp3) is 0.167. The van der Waals surface area contributed by atoms with Gasteiger partial charge in [-0.1, -0.05) is 54.6 Å². The van der Waals surface area contributed by atoms with Crippen molar-refractivity contribution in [2.75, 3.05) is 5.32 Å². The van der Waals surface area contributed by atoms with Crippen LogP contribution in [0.4, 0.5) is 5.69 Å². The summed E-state index contributed by atoms with van der Waals surface area (Å²) >= 11 is 0. The van der Waals surface area contributed by atoms with Gasteiger partial charge in [-0.15, -0.1) is 0 Å². The Morgan fingerprint density at radius 1 is 0.931 bits per heavy atom. The Morgan fingerprint density at radius 3 is 2.31 bits per heavy atom. The Hall–Kier alpha value is -3.44. The summed E-state index contributed by atoms with van der Waals surface area (Å²) in [6.07, 6.45) is 0.449. The van der Waals surface area contributed by atoms with Crippen LogP contribution in [-0.4, -0.2) is 27.9 Å². The minimum Gasteiger partial charge on any atom is -0.480 e. The van der Waals surface area contributed by atoms with E-state index in [0.29, 0.717) is 30.8 Å². The Morgan fingerprint density at radius 2 is 1.62 bits per heavy atom. The molecule has 0 saturated carbocycles. The number of nitrogens with zero attached hydrogens (tertiary/aromatic N) is 1. The molecule has 1 aliphatic heterocycles. The van der Waals surface area contributed by atoms with E-state index in [1.54, 1.807) is 12.1 Å². The molecule has 0 spiro atoms. The first-order valence-electron chi connectivity index (χ1n) is 9.59. The third-order valence-electron chi connectivity index (χ3n) is 5.24. The van der Waals surface area contributed by atoms with Gasteiger partial charge < -0.3 is 10.4 Å². The molecule has 146 valence electrons. The van der Waals surface area contributed by atoms with Crippen molar-refractivity contribution in [1.82, 2.24) is 4.90 Å². The number of carbonyl (C=O) groups excluding carboxylic acids is 1. The lowest BCUT2D eigenvalue weighted by Gasteiger charge is -2.34. The van der Waals surface area contributed by atoms with Gasteiger partial charge in [0.05, 0.1) is 0 Å². The number of anilines is 1. The van der Waals surface area contributed by atoms with Gasteiger partial charge in [0.2, 0.25) is 0 Å². The zero-order chi connectivity index (χ0) is 20.2. The first-order valence-corrected chi connectivity index (χ1v) is 9.59. The van der Waals surface area contributed by atoms with E-state index >= 15 is 0 Å². The number of benzene rings is 3. The van der Waals surface area contributed by atoms with Crippen LogP contribution in [0.25, 0.3) is 0 Å². The molecule has 0 aliphatic carbocycles. The molecule has 1 atom stereocenters. The van der Waals surface area contributed by atoms with Crippen molar-refractivity contribution in [3.8, 4) is 0 Å². The Kier molecular flexibility index (Phi) is 5.40. The summed E-state index contributed by atoms with van der Waals surface area (Å²) in [5, 5.41) is 12.6. The zero-order valence-electron chi connectivity index (χ0n) is 15.9. The number of hydrogen-bond donors (Lipinski definition) is 2. The lowest BCUT2D eigenvalue weighted by atomic mass is 9.93. The van der Waals surface area contributed by atoms with Crippen molar-refractivity contribution < 1.29 is 14.7 Å². The predicted molar refractivity (Wildman–Crippen MR) is 112 cm³/mol. The summed E-state index contributed by atoms with van der Waals surface area (Å²) in [5.74, 6) is -0.973. The van der Waals surface area contributed by atoms with E-state index in [-0.39, 0.29) is 5.91 Å². The number of carboxylic acids is 1. The summed E-state index contributed by atoms with van der Waals surface area (Å²) in [6, 6.07) is 24.1. The van der Waals surface area contributed by atoms with Gasteiger partial charge in [-0.3, -0.25) is 14.5 Å². The minimum atomic E-state index is -0.812. The van der Waals surface area contributed by atoms with Crippen molar-refractivity contribution in [2.45, 2.75) is 25.6 Å². The molecule has 5 nitrogen and oxygen atoms in total. The molecule has 3 aromatic carbocycles. The van der Waals surface area contributed by atoms with E-state index in [9.17, 15) is 14.7 Å². The monoisotopic (exact) mass is 386 g/mol. The number of amides is 1. The lowest BCUT2D eigenvalue weighted by Crippen LogP contribution is -2.45. The molecular formula is C24H22N2O3. The summed E-state index contributed by atoms with van der Waals surface area (Å²) in [6.45, 7) is 1.09. The fourth-order valence-electron chi connectivity index (χ4n) is 3.74. The van der Waals surface area contributed by atoms with Gasteiger partial charge in [-0.05, 0) is 47.4 Å². The number of nitrogens with one attached hydrogen (secondary N) is 1. The molecule has 5 heteroatoms. The smallest absolute Gasteiger partial charge is 0.321 e. The molecule has 0 fully saturated rings. The van der Waals surface area contributed by atoms with E-state index in [1.165, 1.54) is 0 Å². The highest BCUT2D eigenvalue weighted by atomic mass is 16.4. The van der Waals surface area contributed by atoms with Crippen LogP contribution in [0.3, 0.4) is 0 Å². The summed E-state index contributed by atoms with van der Waals surface area (Å²) in [5.41, 5.74) is 4.45. The number of rotatable bonds is 5. The van der Waals surface area contributed by atoms with Crippen LogP contribution < -0.4 is 5.32 Å². The van der Waals surface area contributed by atoms with E-state index in [2.05, 4.69) is 5.32 Å². The molecule has 0 aromatic heterocycles. The van der Waals surface area contributed by atoms with Crippen LogP contribution in [0.15, 0.2) is 78.9 Å². The zero-order valence-corrected chi connectivity index (χ0v) is 15.9. The Balaban J connectivity index is 1.55. The van der Waals surface area contributed by atoms with E-state index in [1.807, 2.05) is 71.6 Å². The maximum Gasteiger partial charge on any atom is 0.321 e. The highest BCUT2D eigenvalue weighted by Gasteiger charge is 2.31. The van der Waals surface area contributed by atoms with Crippen molar-refractivity contribution in [2.24, 2.45) is 0 Å². The quantitative estimate of drug-likeness (QED) is 0.697. The Bertz CT molecular complexity index is 1020. The summed E-state index contributed by atoms with van der Waals surface area (Å²) in [7, 11) is 0. The minimum absolute atomic E-state index is 0.161. The van der Waals surface area contributed by atoms with Gasteiger partial charge in [-0.25, -0.2) is 0 Å². The second-order valence-corrected chi connectivity index (χ2v) is 7.25. The first-order chi connectivity index (χ1) is 14.1. The van der Waals surface area contributed by atoms with Gasteiger partial charge in [0.1, 0.15) is 6.04 Å². The fourth-order valence-corrected chi connectivity index (χ4v) is 3.74. The highest BCUT2D eigenvalue weighted by molar-refractivity contribution is 6.04. The predicted octanol–water partition coefficient (Wildman–Crippen LogP) is 3.95. The molecule has 1 heterocycles. The van der Waals surface area contributed by atoms with Gasteiger partial charge in [0, 0.05) is 24.3 Å². The van der Waals surface area contributed by atoms with Crippen molar-refractivity contribution in [1.29, 1.82) is 0 Å². The summed E-state index contributed by atoms with van der Waals surface area (Å²) in [4.78, 5) is 26.2. The topological polar surface area (TPSA) is 69.6 Å². The number of hydrogen-bond acceptors (Lipinski definition) is 3. The van der Waals surface area contributed by atoms with E-state index in [0.717, 1.165) is 16.7 Å². The van der Waals surface area contributed by atoms with Gasteiger partial charge in [0.15, 0.2) is 0 Å². The third kappa shape index (κ3) is 4.36. The molecule has 2 N–H and O–H groups in total. The molecule has 1 amide bonds. The maximum atomic E-state index is 12.4. The summed E-state index contributed by atoms with van der Waals surface area (Å²) < 4.78 is 0. The molecule has 1 unspecified atom stereocenters. The molecule has 1 aliphatic rings. The molecule has 4 rings (SSSR count). The normalized spacial score (nSPS) is 16.1. The Labute approximate surface area is 169 Å². The largest absolute Gasteiger partial charge is 0.480 e.